The van der Waals surface area contributed by atoms with Crippen molar-refractivity contribution in [3.8, 4) is 5.69 Å². The highest BCUT2D eigenvalue weighted by Crippen LogP contribution is 2.35. The number of carbonyl (C=O) groups excluding carboxylic acids is 1. The van der Waals surface area contributed by atoms with Crippen LogP contribution >= 0.6 is 23.1 Å². The zero-order chi connectivity index (χ0) is 23.7. The van der Waals surface area contributed by atoms with Gasteiger partial charge < -0.3 is 0 Å². The molecule has 9 heteroatoms. The first-order valence-corrected chi connectivity index (χ1v) is 13.1. The van der Waals surface area contributed by atoms with E-state index in [4.69, 9.17) is 4.98 Å². The fraction of sp³-hybridized carbons (Fsp3) is 0.320. The lowest BCUT2D eigenvalue weighted by Gasteiger charge is -2.17. The quantitative estimate of drug-likeness (QED) is 0.242. The molecule has 1 atom stereocenters. The van der Waals surface area contributed by atoms with E-state index in [-0.39, 0.29) is 17.4 Å². The minimum atomic E-state index is -0.513. The van der Waals surface area contributed by atoms with Crippen molar-refractivity contribution in [3.63, 3.8) is 0 Å². The lowest BCUT2D eigenvalue weighted by molar-refractivity contribution is -0.115. The van der Waals surface area contributed by atoms with Gasteiger partial charge in [0.15, 0.2) is 5.16 Å². The van der Waals surface area contributed by atoms with Gasteiger partial charge >= 0.3 is 0 Å². The number of aromatic nitrogens is 4. The van der Waals surface area contributed by atoms with Crippen molar-refractivity contribution in [1.29, 1.82) is 0 Å². The van der Waals surface area contributed by atoms with Crippen LogP contribution in [0.2, 0.25) is 0 Å². The lowest BCUT2D eigenvalue weighted by atomic mass is 10.1. The van der Waals surface area contributed by atoms with E-state index < -0.39 is 5.25 Å². The number of aryl methyl sites for hydroxylation is 3. The fourth-order valence-electron chi connectivity index (χ4n) is 4.26. The van der Waals surface area contributed by atoms with Crippen LogP contribution in [0.5, 0.6) is 0 Å². The molecule has 1 amide bonds. The van der Waals surface area contributed by atoms with Crippen LogP contribution in [0.3, 0.4) is 0 Å². The van der Waals surface area contributed by atoms with E-state index in [0.717, 1.165) is 47.2 Å². The van der Waals surface area contributed by atoms with Gasteiger partial charge in [-0.2, -0.15) is 0 Å². The van der Waals surface area contributed by atoms with Gasteiger partial charge in [0.05, 0.1) is 16.3 Å². The topological polar surface area (TPSA) is 89.8 Å². The summed E-state index contributed by atoms with van der Waals surface area (Å²) in [7, 11) is 0. The number of benzene rings is 1. The monoisotopic (exact) mass is 491 g/mol. The van der Waals surface area contributed by atoms with E-state index in [9.17, 15) is 9.59 Å². The molecule has 5 rings (SSSR count). The molecular weight excluding hydrogens is 466 g/mol. The van der Waals surface area contributed by atoms with E-state index >= 15 is 0 Å². The number of nitrogens with one attached hydrogen (secondary N) is 1. The van der Waals surface area contributed by atoms with E-state index in [1.807, 2.05) is 31.2 Å². The average molecular weight is 492 g/mol. The van der Waals surface area contributed by atoms with Crippen LogP contribution < -0.4 is 10.9 Å². The Labute approximate surface area is 205 Å². The Morgan fingerprint density at radius 3 is 2.68 bits per heavy atom. The Kier molecular flexibility index (Phi) is 6.47. The summed E-state index contributed by atoms with van der Waals surface area (Å²) >= 11 is 2.90. The summed E-state index contributed by atoms with van der Waals surface area (Å²) in [5, 5.41) is 3.48. The molecule has 3 aromatic heterocycles. The van der Waals surface area contributed by atoms with Crippen molar-refractivity contribution in [2.24, 2.45) is 0 Å². The molecule has 0 spiro atoms. The summed E-state index contributed by atoms with van der Waals surface area (Å²) in [4.78, 5) is 42.0. The second kappa shape index (κ2) is 9.68. The normalized spacial score (nSPS) is 14.4. The van der Waals surface area contributed by atoms with E-state index in [1.54, 1.807) is 41.3 Å². The van der Waals surface area contributed by atoms with Crippen LogP contribution in [-0.2, 0) is 17.6 Å². The molecule has 1 aliphatic rings. The van der Waals surface area contributed by atoms with E-state index in [1.165, 1.54) is 28.6 Å². The number of thiophene rings is 1. The molecule has 0 fully saturated rings. The van der Waals surface area contributed by atoms with Crippen LogP contribution in [0.15, 0.2) is 52.7 Å². The predicted octanol–water partition coefficient (Wildman–Crippen LogP) is 4.93. The maximum absolute atomic E-state index is 14.0. The van der Waals surface area contributed by atoms with E-state index in [2.05, 4.69) is 15.3 Å². The number of hydrogen-bond donors (Lipinski definition) is 1. The Balaban J connectivity index is 1.60. The summed E-state index contributed by atoms with van der Waals surface area (Å²) in [6.45, 7) is 3.78. The first-order chi connectivity index (χ1) is 16.5. The minimum absolute atomic E-state index is 0.0554. The number of anilines is 1. The maximum Gasteiger partial charge on any atom is 0.267 e. The standard InChI is InChI=1S/C25H25N5O2S2/c1-15-9-6-7-11-18(15)30-23(32)20-17-10-4-3-5-12-19(17)34-22(20)29-25(30)33-16(2)21(31)28-24-26-13-8-14-27-24/h6-9,11,13-14,16H,3-5,10,12H2,1-2H3,(H,26,27,28,31). The molecule has 0 radical (unpaired) electrons. The Bertz CT molecular complexity index is 1410. The third-order valence-electron chi connectivity index (χ3n) is 6.02. The zero-order valence-corrected chi connectivity index (χ0v) is 20.7. The highest BCUT2D eigenvalue weighted by atomic mass is 32.2. The molecule has 1 unspecified atom stereocenters. The number of nitrogens with zero attached hydrogens (tertiary/aromatic N) is 4. The SMILES string of the molecule is Cc1ccccc1-n1c(SC(C)C(=O)Nc2ncccn2)nc2sc3c(c2c1=O)CCCCC3. The molecule has 0 saturated carbocycles. The first kappa shape index (κ1) is 22.7. The van der Waals surface area contributed by atoms with Crippen molar-refractivity contribution in [2.45, 2.75) is 56.4 Å². The van der Waals surface area contributed by atoms with Crippen molar-refractivity contribution >= 4 is 45.2 Å². The molecule has 1 N–H and O–H groups in total. The highest BCUT2D eigenvalue weighted by Gasteiger charge is 2.25. The summed E-state index contributed by atoms with van der Waals surface area (Å²) in [6, 6.07) is 9.48. The van der Waals surface area contributed by atoms with Crippen LogP contribution in [0, 0.1) is 6.92 Å². The minimum Gasteiger partial charge on any atom is -0.294 e. The molecular formula is C25H25N5O2S2. The number of thioether (sulfide) groups is 1. The third kappa shape index (κ3) is 4.37. The van der Waals surface area contributed by atoms with Crippen LogP contribution in [0.1, 0.15) is 42.2 Å². The summed E-state index contributed by atoms with van der Waals surface area (Å²) in [6.07, 6.45) is 8.50. The van der Waals surface area contributed by atoms with Gasteiger partial charge in [0, 0.05) is 17.3 Å². The van der Waals surface area contributed by atoms with Gasteiger partial charge in [0.2, 0.25) is 11.9 Å². The van der Waals surface area contributed by atoms with Gasteiger partial charge in [-0.05, 0) is 62.8 Å². The zero-order valence-electron chi connectivity index (χ0n) is 19.1. The molecule has 3 heterocycles. The first-order valence-electron chi connectivity index (χ1n) is 11.4. The Morgan fingerprint density at radius 2 is 1.88 bits per heavy atom. The van der Waals surface area contributed by atoms with Gasteiger partial charge in [-0.1, -0.05) is 36.4 Å². The number of rotatable bonds is 5. The van der Waals surface area contributed by atoms with Gasteiger partial charge in [0.1, 0.15) is 4.83 Å². The van der Waals surface area contributed by atoms with Crippen molar-refractivity contribution in [1.82, 2.24) is 19.5 Å². The Hall–Kier alpha value is -3.04. The van der Waals surface area contributed by atoms with E-state index in [0.29, 0.717) is 5.16 Å². The van der Waals surface area contributed by atoms with Gasteiger partial charge in [-0.15, -0.1) is 11.3 Å². The highest BCUT2D eigenvalue weighted by molar-refractivity contribution is 8.00. The molecule has 4 aromatic rings. The predicted molar refractivity (Wildman–Crippen MR) is 137 cm³/mol. The van der Waals surface area contributed by atoms with Crippen molar-refractivity contribution in [3.05, 3.63) is 69.1 Å². The molecule has 0 aliphatic heterocycles. The maximum atomic E-state index is 14.0. The molecule has 1 aromatic carbocycles. The summed E-state index contributed by atoms with van der Waals surface area (Å²) in [5.41, 5.74) is 2.88. The largest absolute Gasteiger partial charge is 0.294 e. The molecule has 0 saturated heterocycles. The number of hydrogen-bond acceptors (Lipinski definition) is 7. The van der Waals surface area contributed by atoms with Crippen molar-refractivity contribution in [2.75, 3.05) is 5.32 Å². The van der Waals surface area contributed by atoms with Gasteiger partial charge in [-0.3, -0.25) is 19.5 Å². The number of fused-ring (bicyclic) bond motifs is 3. The lowest BCUT2D eigenvalue weighted by Crippen LogP contribution is -2.27. The molecule has 34 heavy (non-hydrogen) atoms. The molecule has 7 nitrogen and oxygen atoms in total. The van der Waals surface area contributed by atoms with Gasteiger partial charge in [-0.25, -0.2) is 15.0 Å². The third-order valence-corrected chi connectivity index (χ3v) is 8.25. The summed E-state index contributed by atoms with van der Waals surface area (Å²) < 4.78 is 1.68. The average Bonchev–Trinajstić information content (AvgIpc) is 3.02. The second-order valence-corrected chi connectivity index (χ2v) is 10.8. The molecule has 1 aliphatic carbocycles. The second-order valence-electron chi connectivity index (χ2n) is 8.39. The number of carbonyl (C=O) groups is 1. The smallest absolute Gasteiger partial charge is 0.267 e. The number of amides is 1. The summed E-state index contributed by atoms with van der Waals surface area (Å²) in [5.74, 6) is 0.00509. The fourth-order valence-corrected chi connectivity index (χ4v) is 6.48. The van der Waals surface area contributed by atoms with Crippen LogP contribution in [-0.4, -0.2) is 30.7 Å². The van der Waals surface area contributed by atoms with Crippen LogP contribution in [0.25, 0.3) is 15.9 Å². The molecule has 0 bridgehead atoms. The van der Waals surface area contributed by atoms with Crippen LogP contribution in [0.4, 0.5) is 5.95 Å². The van der Waals surface area contributed by atoms with Gasteiger partial charge in [0.25, 0.3) is 5.56 Å². The Morgan fingerprint density at radius 1 is 1.12 bits per heavy atom. The number of para-hydroxylation sites is 1. The van der Waals surface area contributed by atoms with Crippen molar-refractivity contribution < 1.29 is 4.79 Å². The molecule has 174 valence electrons.